The highest BCUT2D eigenvalue weighted by Crippen LogP contribution is 2.44. The number of hydrogen-bond donors (Lipinski definition) is 3. The average Bonchev–Trinajstić information content (AvgIpc) is 3.03. The Morgan fingerprint density at radius 3 is 2.79 bits per heavy atom. The number of aromatic amines is 1. The van der Waals surface area contributed by atoms with Gasteiger partial charge < -0.3 is 19.9 Å². The van der Waals surface area contributed by atoms with Gasteiger partial charge in [-0.05, 0) is 43.3 Å². The molecule has 0 bridgehead atoms. The van der Waals surface area contributed by atoms with E-state index < -0.39 is 5.75 Å². The van der Waals surface area contributed by atoms with Gasteiger partial charge in [0.1, 0.15) is 0 Å². The van der Waals surface area contributed by atoms with Gasteiger partial charge in [0.25, 0.3) is 0 Å². The minimum atomic E-state index is -0.428. The number of phenols is 2. The smallest absolute Gasteiger partial charge is 0.232 e. The van der Waals surface area contributed by atoms with Crippen molar-refractivity contribution >= 4 is 38.7 Å². The van der Waals surface area contributed by atoms with Crippen molar-refractivity contribution in [1.29, 1.82) is 0 Å². The number of carbonyl (C=O) groups excluding carboxylic acids is 1. The average molecular weight is 386 g/mol. The molecule has 0 spiro atoms. The SMILES string of the molecule is Cc1[nH]c2ccc(Br)cc2c1C=C1Oc2c(ccc(O)c2O)C1=O. The minimum absolute atomic E-state index is 0.00933. The molecule has 1 aliphatic heterocycles. The van der Waals surface area contributed by atoms with Crippen molar-refractivity contribution < 1.29 is 19.7 Å². The number of halogens is 1. The molecule has 0 saturated carbocycles. The molecule has 0 radical (unpaired) electrons. The van der Waals surface area contributed by atoms with Crippen molar-refractivity contribution in [1.82, 2.24) is 4.98 Å². The quantitative estimate of drug-likeness (QED) is 0.431. The lowest BCUT2D eigenvalue weighted by molar-refractivity contribution is 0.101. The molecule has 0 fully saturated rings. The number of H-pyrrole nitrogens is 1. The van der Waals surface area contributed by atoms with Gasteiger partial charge in [-0.1, -0.05) is 15.9 Å². The van der Waals surface area contributed by atoms with E-state index in [1.807, 2.05) is 25.1 Å². The highest BCUT2D eigenvalue weighted by molar-refractivity contribution is 9.10. The molecule has 5 nitrogen and oxygen atoms in total. The molecule has 2 aromatic carbocycles. The van der Waals surface area contributed by atoms with Gasteiger partial charge in [0.05, 0.1) is 5.56 Å². The number of aromatic nitrogens is 1. The topological polar surface area (TPSA) is 82.6 Å². The summed E-state index contributed by atoms with van der Waals surface area (Å²) in [5.41, 5.74) is 2.92. The van der Waals surface area contributed by atoms with E-state index >= 15 is 0 Å². The Bertz CT molecular complexity index is 1050. The van der Waals surface area contributed by atoms with Gasteiger partial charge in [-0.2, -0.15) is 0 Å². The molecule has 4 rings (SSSR count). The third-order valence-electron chi connectivity index (χ3n) is 4.06. The summed E-state index contributed by atoms with van der Waals surface area (Å²) >= 11 is 3.45. The second-order valence-corrected chi connectivity index (χ2v) is 6.52. The fraction of sp³-hybridized carbons (Fsp3) is 0.0556. The van der Waals surface area contributed by atoms with Crippen LogP contribution in [0.3, 0.4) is 0 Å². The zero-order chi connectivity index (χ0) is 17.0. The molecule has 1 aromatic heterocycles. The molecule has 0 saturated heterocycles. The van der Waals surface area contributed by atoms with E-state index in [1.165, 1.54) is 12.1 Å². The van der Waals surface area contributed by atoms with Gasteiger partial charge in [-0.15, -0.1) is 0 Å². The van der Waals surface area contributed by atoms with E-state index in [4.69, 9.17) is 4.74 Å². The highest BCUT2D eigenvalue weighted by atomic mass is 79.9. The molecule has 3 N–H and O–H groups in total. The second kappa shape index (κ2) is 5.14. The van der Waals surface area contributed by atoms with Crippen molar-refractivity contribution in [3.05, 3.63) is 57.4 Å². The fourth-order valence-corrected chi connectivity index (χ4v) is 3.22. The van der Waals surface area contributed by atoms with Gasteiger partial charge in [0, 0.05) is 26.6 Å². The van der Waals surface area contributed by atoms with E-state index in [0.29, 0.717) is 0 Å². The van der Waals surface area contributed by atoms with Crippen molar-refractivity contribution in [2.24, 2.45) is 0 Å². The molecule has 0 unspecified atom stereocenters. The Morgan fingerprint density at radius 1 is 1.21 bits per heavy atom. The summed E-state index contributed by atoms with van der Waals surface area (Å²) in [5, 5.41) is 20.4. The zero-order valence-corrected chi connectivity index (χ0v) is 14.1. The number of aromatic hydroxyl groups is 2. The number of benzene rings is 2. The van der Waals surface area contributed by atoms with E-state index in [-0.39, 0.29) is 28.6 Å². The van der Waals surface area contributed by atoms with Crippen LogP contribution in [0, 0.1) is 6.92 Å². The first-order chi connectivity index (χ1) is 11.5. The number of ketones is 1. The monoisotopic (exact) mass is 385 g/mol. The van der Waals surface area contributed by atoms with Crippen LogP contribution in [0.25, 0.3) is 17.0 Å². The molecule has 3 aromatic rings. The molecule has 1 aliphatic rings. The summed E-state index contributed by atoms with van der Waals surface area (Å²) in [6, 6.07) is 8.55. The first-order valence-corrected chi connectivity index (χ1v) is 8.02. The molecule has 120 valence electrons. The lowest BCUT2D eigenvalue weighted by atomic mass is 10.1. The molecule has 24 heavy (non-hydrogen) atoms. The number of ether oxygens (including phenoxy) is 1. The molecular weight excluding hydrogens is 374 g/mol. The van der Waals surface area contributed by atoms with Crippen molar-refractivity contribution in [3.63, 3.8) is 0 Å². The largest absolute Gasteiger partial charge is 0.504 e. The van der Waals surface area contributed by atoms with Crippen LogP contribution < -0.4 is 4.74 Å². The highest BCUT2D eigenvalue weighted by Gasteiger charge is 2.31. The molecule has 0 amide bonds. The van der Waals surface area contributed by atoms with Gasteiger partial charge in [-0.25, -0.2) is 0 Å². The predicted molar refractivity (Wildman–Crippen MR) is 93.4 cm³/mol. The molecular formula is C18H12BrNO4. The van der Waals surface area contributed by atoms with Crippen LogP contribution >= 0.6 is 15.9 Å². The van der Waals surface area contributed by atoms with Crippen LogP contribution in [0.4, 0.5) is 0 Å². The number of fused-ring (bicyclic) bond motifs is 2. The van der Waals surface area contributed by atoms with Gasteiger partial charge in [0.2, 0.25) is 11.5 Å². The maximum atomic E-state index is 12.5. The number of rotatable bonds is 1. The Kier molecular flexibility index (Phi) is 3.18. The Hall–Kier alpha value is -2.73. The van der Waals surface area contributed by atoms with Gasteiger partial charge in [0.15, 0.2) is 17.3 Å². The lowest BCUT2D eigenvalue weighted by Crippen LogP contribution is -1.98. The van der Waals surface area contributed by atoms with Gasteiger partial charge >= 0.3 is 0 Å². The summed E-state index contributed by atoms with van der Waals surface area (Å²) in [6.45, 7) is 1.91. The number of nitrogens with one attached hydrogen (secondary N) is 1. The third-order valence-corrected chi connectivity index (χ3v) is 4.56. The summed E-state index contributed by atoms with van der Waals surface area (Å²) < 4.78 is 6.44. The number of aryl methyl sites for hydroxylation is 1. The molecule has 0 atom stereocenters. The van der Waals surface area contributed by atoms with E-state index in [9.17, 15) is 15.0 Å². The summed E-state index contributed by atoms with van der Waals surface area (Å²) in [7, 11) is 0. The van der Waals surface area contributed by atoms with Crippen LogP contribution in [0.5, 0.6) is 17.2 Å². The van der Waals surface area contributed by atoms with Crippen molar-refractivity contribution in [2.75, 3.05) is 0 Å². The number of allylic oxidation sites excluding steroid dienone is 1. The first-order valence-electron chi connectivity index (χ1n) is 7.22. The lowest BCUT2D eigenvalue weighted by Gasteiger charge is -2.02. The minimum Gasteiger partial charge on any atom is -0.504 e. The Morgan fingerprint density at radius 2 is 2.00 bits per heavy atom. The Labute approximate surface area is 145 Å². The zero-order valence-electron chi connectivity index (χ0n) is 12.6. The van der Waals surface area contributed by atoms with Gasteiger partial charge in [-0.3, -0.25) is 4.79 Å². The second-order valence-electron chi connectivity index (χ2n) is 5.60. The summed E-state index contributed by atoms with van der Waals surface area (Å²) in [6.07, 6.45) is 1.65. The van der Waals surface area contributed by atoms with Crippen LogP contribution in [-0.2, 0) is 0 Å². The number of phenolic OH excluding ortho intramolecular Hbond substituents is 2. The maximum Gasteiger partial charge on any atom is 0.232 e. The van der Waals surface area contributed by atoms with Crippen LogP contribution in [0.15, 0.2) is 40.6 Å². The van der Waals surface area contributed by atoms with Crippen LogP contribution in [-0.4, -0.2) is 21.0 Å². The number of hydrogen-bond acceptors (Lipinski definition) is 4. The maximum absolute atomic E-state index is 12.5. The third kappa shape index (κ3) is 2.11. The summed E-state index contributed by atoms with van der Waals surface area (Å²) in [5.74, 6) is -0.985. The first kappa shape index (κ1) is 14.8. The molecule has 2 heterocycles. The molecule has 6 heteroatoms. The normalized spacial score (nSPS) is 15.1. The van der Waals surface area contributed by atoms with Crippen LogP contribution in [0.2, 0.25) is 0 Å². The van der Waals surface area contributed by atoms with Crippen LogP contribution in [0.1, 0.15) is 21.6 Å². The molecule has 0 aliphatic carbocycles. The number of carbonyl (C=O) groups is 1. The standard InChI is InChI=1S/C18H12BrNO4/c1-8-11(12-6-9(19)2-4-13(12)20-8)7-15-16(22)10-3-5-14(21)17(23)18(10)24-15/h2-7,20-21,23H,1H3. The van der Waals surface area contributed by atoms with E-state index in [2.05, 4.69) is 20.9 Å². The predicted octanol–water partition coefficient (Wildman–Crippen LogP) is 4.27. The van der Waals surface area contributed by atoms with Crippen molar-refractivity contribution in [2.45, 2.75) is 6.92 Å². The summed E-state index contributed by atoms with van der Waals surface area (Å²) in [4.78, 5) is 15.8. The fourth-order valence-electron chi connectivity index (χ4n) is 2.86. The van der Waals surface area contributed by atoms with Crippen molar-refractivity contribution in [3.8, 4) is 17.2 Å². The number of Topliss-reactive ketones (excluding diaryl/α,β-unsaturated/α-hetero) is 1. The Balaban J connectivity index is 1.86. The van der Waals surface area contributed by atoms with E-state index in [1.54, 1.807) is 6.08 Å². The van der Waals surface area contributed by atoms with E-state index in [0.717, 1.165) is 26.6 Å².